The molecular formula is C17H16N2O3S2. The van der Waals surface area contributed by atoms with E-state index in [0.29, 0.717) is 17.1 Å². The average molecular weight is 360 g/mol. The van der Waals surface area contributed by atoms with Crippen LogP contribution in [0, 0.1) is 0 Å². The van der Waals surface area contributed by atoms with Gasteiger partial charge >= 0.3 is 5.97 Å². The minimum absolute atomic E-state index is 0.0824. The van der Waals surface area contributed by atoms with Gasteiger partial charge in [0.15, 0.2) is 5.16 Å². The molecular weight excluding hydrogens is 344 g/mol. The van der Waals surface area contributed by atoms with Crippen molar-refractivity contribution >= 4 is 39.3 Å². The van der Waals surface area contributed by atoms with Crippen molar-refractivity contribution in [2.75, 3.05) is 6.26 Å². The molecule has 3 aromatic rings. The average Bonchev–Trinajstić information content (AvgIpc) is 3.01. The standard InChI is InChI=1S/C17H16N2O3S2/c1-3-12-8-13-14(24-12)18-17(23-2)19(15(13)20)9-10-5-4-6-11(7-10)16(21)22/h4-8H,3,9H2,1-2H3,(H,21,22). The summed E-state index contributed by atoms with van der Waals surface area (Å²) in [5, 5.41) is 10.4. The lowest BCUT2D eigenvalue weighted by atomic mass is 10.1. The van der Waals surface area contributed by atoms with Crippen molar-refractivity contribution in [1.29, 1.82) is 0 Å². The molecule has 2 aromatic heterocycles. The second kappa shape index (κ2) is 6.78. The molecule has 1 aromatic carbocycles. The molecule has 0 atom stereocenters. The molecule has 0 saturated carbocycles. The number of hydrogen-bond acceptors (Lipinski definition) is 5. The highest BCUT2D eigenvalue weighted by atomic mass is 32.2. The number of hydrogen-bond donors (Lipinski definition) is 1. The number of aromatic nitrogens is 2. The Hall–Kier alpha value is -2.12. The van der Waals surface area contributed by atoms with Gasteiger partial charge in [-0.3, -0.25) is 9.36 Å². The second-order valence-corrected chi connectivity index (χ2v) is 7.17. The molecule has 0 amide bonds. The summed E-state index contributed by atoms with van der Waals surface area (Å²) in [6, 6.07) is 8.54. The number of rotatable bonds is 5. The normalized spacial score (nSPS) is 11.1. The lowest BCUT2D eigenvalue weighted by molar-refractivity contribution is 0.0696. The molecule has 0 unspecified atom stereocenters. The number of thiophene rings is 1. The van der Waals surface area contributed by atoms with Crippen LogP contribution in [0.2, 0.25) is 0 Å². The number of carboxylic acids is 1. The maximum absolute atomic E-state index is 12.9. The number of nitrogens with zero attached hydrogens (tertiary/aromatic N) is 2. The van der Waals surface area contributed by atoms with Crippen LogP contribution in [-0.4, -0.2) is 26.9 Å². The molecule has 0 radical (unpaired) electrons. The first-order valence-corrected chi connectivity index (χ1v) is 9.47. The summed E-state index contributed by atoms with van der Waals surface area (Å²) in [6.45, 7) is 2.35. The summed E-state index contributed by atoms with van der Waals surface area (Å²) in [6.07, 6.45) is 2.75. The Morgan fingerprint density at radius 1 is 1.38 bits per heavy atom. The Kier molecular flexibility index (Phi) is 4.73. The first kappa shape index (κ1) is 16.7. The summed E-state index contributed by atoms with van der Waals surface area (Å²) in [7, 11) is 0. The predicted octanol–water partition coefficient (Wildman–Crippen LogP) is 3.49. The maximum Gasteiger partial charge on any atom is 0.335 e. The smallest absolute Gasteiger partial charge is 0.335 e. The van der Waals surface area contributed by atoms with Crippen LogP contribution in [0.4, 0.5) is 0 Å². The quantitative estimate of drug-likeness (QED) is 0.557. The number of carboxylic acid groups (broad SMARTS) is 1. The van der Waals surface area contributed by atoms with Gasteiger partial charge in [0.2, 0.25) is 0 Å². The topological polar surface area (TPSA) is 72.2 Å². The molecule has 0 spiro atoms. The van der Waals surface area contributed by atoms with Crippen LogP contribution in [0.25, 0.3) is 10.2 Å². The highest BCUT2D eigenvalue weighted by molar-refractivity contribution is 7.98. The highest BCUT2D eigenvalue weighted by Crippen LogP contribution is 2.24. The van der Waals surface area contributed by atoms with E-state index in [1.165, 1.54) is 17.8 Å². The zero-order valence-corrected chi connectivity index (χ0v) is 14.9. The van der Waals surface area contributed by atoms with Gasteiger partial charge in [-0.1, -0.05) is 30.8 Å². The van der Waals surface area contributed by atoms with E-state index in [4.69, 9.17) is 5.11 Å². The highest BCUT2D eigenvalue weighted by Gasteiger charge is 2.14. The third kappa shape index (κ3) is 3.09. The molecule has 0 aliphatic heterocycles. The van der Waals surface area contributed by atoms with Gasteiger partial charge in [0.1, 0.15) is 4.83 Å². The van der Waals surface area contributed by atoms with E-state index in [1.54, 1.807) is 28.0 Å². The SMILES string of the molecule is CCc1cc2c(=O)n(Cc3cccc(C(=O)O)c3)c(SC)nc2s1. The fraction of sp³-hybridized carbons (Fsp3) is 0.235. The monoisotopic (exact) mass is 360 g/mol. The summed E-state index contributed by atoms with van der Waals surface area (Å²) >= 11 is 2.96. The lowest BCUT2D eigenvalue weighted by Crippen LogP contribution is -2.23. The first-order chi connectivity index (χ1) is 11.5. The fourth-order valence-corrected chi connectivity index (χ4v) is 4.07. The summed E-state index contributed by atoms with van der Waals surface area (Å²) in [5.74, 6) is -0.978. The third-order valence-electron chi connectivity index (χ3n) is 3.71. The van der Waals surface area contributed by atoms with E-state index in [0.717, 1.165) is 21.7 Å². The van der Waals surface area contributed by atoms with Crippen LogP contribution in [0.3, 0.4) is 0 Å². The Bertz CT molecular complexity index is 976. The van der Waals surface area contributed by atoms with E-state index in [2.05, 4.69) is 11.9 Å². The lowest BCUT2D eigenvalue weighted by Gasteiger charge is -2.11. The molecule has 0 saturated heterocycles. The fourth-order valence-electron chi connectivity index (χ4n) is 2.50. The van der Waals surface area contributed by atoms with Gasteiger partial charge in [-0.2, -0.15) is 0 Å². The summed E-state index contributed by atoms with van der Waals surface area (Å²) in [4.78, 5) is 30.5. The number of carbonyl (C=O) groups is 1. The van der Waals surface area contributed by atoms with Crippen LogP contribution < -0.4 is 5.56 Å². The number of aromatic carboxylic acids is 1. The molecule has 0 fully saturated rings. The second-order valence-electron chi connectivity index (χ2n) is 5.28. The van der Waals surface area contributed by atoms with E-state index in [9.17, 15) is 9.59 Å². The Morgan fingerprint density at radius 3 is 2.83 bits per heavy atom. The molecule has 1 N–H and O–H groups in total. The number of fused-ring (bicyclic) bond motifs is 1. The van der Waals surface area contributed by atoms with E-state index < -0.39 is 5.97 Å². The number of thioether (sulfide) groups is 1. The molecule has 5 nitrogen and oxygen atoms in total. The van der Waals surface area contributed by atoms with Crippen molar-refractivity contribution in [3.8, 4) is 0 Å². The van der Waals surface area contributed by atoms with Crippen molar-refractivity contribution < 1.29 is 9.90 Å². The number of aryl methyl sites for hydroxylation is 1. The van der Waals surface area contributed by atoms with Gasteiger partial charge in [-0.15, -0.1) is 11.3 Å². The minimum atomic E-state index is -0.978. The van der Waals surface area contributed by atoms with E-state index in [-0.39, 0.29) is 11.1 Å². The van der Waals surface area contributed by atoms with Crippen LogP contribution >= 0.6 is 23.1 Å². The van der Waals surface area contributed by atoms with Crippen molar-refractivity contribution in [2.24, 2.45) is 0 Å². The Labute approximate surface area is 147 Å². The van der Waals surface area contributed by atoms with Crippen molar-refractivity contribution in [1.82, 2.24) is 9.55 Å². The molecule has 0 bridgehead atoms. The molecule has 0 aliphatic rings. The van der Waals surface area contributed by atoms with Crippen LogP contribution in [0.1, 0.15) is 27.7 Å². The van der Waals surface area contributed by atoms with Gasteiger partial charge in [-0.25, -0.2) is 9.78 Å². The molecule has 2 heterocycles. The number of benzene rings is 1. The molecule has 7 heteroatoms. The summed E-state index contributed by atoms with van der Waals surface area (Å²) < 4.78 is 1.61. The predicted molar refractivity (Wildman–Crippen MR) is 97.5 cm³/mol. The minimum Gasteiger partial charge on any atom is -0.478 e. The van der Waals surface area contributed by atoms with Crippen LogP contribution in [0.5, 0.6) is 0 Å². The zero-order chi connectivity index (χ0) is 17.3. The van der Waals surface area contributed by atoms with Crippen LogP contribution in [-0.2, 0) is 13.0 Å². The van der Waals surface area contributed by atoms with Gasteiger partial charge in [0.25, 0.3) is 5.56 Å². The third-order valence-corrected chi connectivity index (χ3v) is 5.56. The summed E-state index contributed by atoms with van der Waals surface area (Å²) in [5.41, 5.74) is 0.893. The van der Waals surface area contributed by atoms with E-state index in [1.807, 2.05) is 18.4 Å². The van der Waals surface area contributed by atoms with Crippen molar-refractivity contribution in [2.45, 2.75) is 25.0 Å². The zero-order valence-electron chi connectivity index (χ0n) is 13.3. The van der Waals surface area contributed by atoms with Gasteiger partial charge in [0, 0.05) is 4.88 Å². The van der Waals surface area contributed by atoms with Gasteiger partial charge in [-0.05, 0) is 36.4 Å². The largest absolute Gasteiger partial charge is 0.478 e. The maximum atomic E-state index is 12.9. The Balaban J connectivity index is 2.11. The van der Waals surface area contributed by atoms with Crippen molar-refractivity contribution in [3.63, 3.8) is 0 Å². The molecule has 0 aliphatic carbocycles. The first-order valence-electron chi connectivity index (χ1n) is 7.43. The molecule has 124 valence electrons. The van der Waals surface area contributed by atoms with Gasteiger partial charge in [0.05, 0.1) is 17.5 Å². The van der Waals surface area contributed by atoms with E-state index >= 15 is 0 Å². The van der Waals surface area contributed by atoms with Crippen molar-refractivity contribution in [3.05, 3.63) is 56.7 Å². The Morgan fingerprint density at radius 2 is 2.17 bits per heavy atom. The molecule has 3 rings (SSSR count). The molecule has 24 heavy (non-hydrogen) atoms. The van der Waals surface area contributed by atoms with Crippen LogP contribution in [0.15, 0.2) is 40.3 Å². The van der Waals surface area contributed by atoms with Gasteiger partial charge < -0.3 is 5.11 Å².